The van der Waals surface area contributed by atoms with Crippen molar-refractivity contribution >= 4 is 0 Å². The molecule has 1 atom stereocenters. The van der Waals surface area contributed by atoms with E-state index in [4.69, 9.17) is 4.74 Å². The maximum absolute atomic E-state index is 4.97. The average Bonchev–Trinajstić information content (AvgIpc) is 1.87. The van der Waals surface area contributed by atoms with Gasteiger partial charge in [-0.25, -0.2) is 10.4 Å². The predicted molar refractivity (Wildman–Crippen MR) is 37.9 cm³/mol. The molecule has 0 aromatic heterocycles. The smallest absolute Gasteiger partial charge is 0.117 e. The highest BCUT2D eigenvalue weighted by Crippen LogP contribution is 1.82. The van der Waals surface area contributed by atoms with Crippen molar-refractivity contribution in [2.75, 3.05) is 20.7 Å². The number of methoxy groups -OCH3 is 1. The van der Waals surface area contributed by atoms with Crippen molar-refractivity contribution in [2.45, 2.75) is 20.1 Å². The highest BCUT2D eigenvalue weighted by molar-refractivity contribution is 4.41. The molecular formula is C6H16N2O. The van der Waals surface area contributed by atoms with E-state index in [2.05, 4.69) is 12.3 Å². The van der Waals surface area contributed by atoms with E-state index in [1.165, 1.54) is 0 Å². The van der Waals surface area contributed by atoms with Gasteiger partial charge in [-0.15, -0.1) is 0 Å². The molecular weight excluding hydrogens is 116 g/mol. The molecule has 0 heterocycles. The zero-order valence-corrected chi connectivity index (χ0v) is 6.64. The minimum atomic E-state index is 0.106. The summed E-state index contributed by atoms with van der Waals surface area (Å²) in [6.45, 7) is 5.02. The van der Waals surface area contributed by atoms with Gasteiger partial charge in [0.1, 0.15) is 6.23 Å². The van der Waals surface area contributed by atoms with Crippen LogP contribution in [0.1, 0.15) is 13.8 Å². The maximum atomic E-state index is 4.97. The van der Waals surface area contributed by atoms with E-state index in [-0.39, 0.29) is 6.23 Å². The van der Waals surface area contributed by atoms with Crippen molar-refractivity contribution in [3.05, 3.63) is 0 Å². The molecule has 9 heavy (non-hydrogen) atoms. The molecule has 0 spiro atoms. The normalized spacial score (nSPS) is 14.3. The van der Waals surface area contributed by atoms with E-state index in [1.807, 2.05) is 19.0 Å². The molecule has 0 saturated carbocycles. The lowest BCUT2D eigenvalue weighted by molar-refractivity contribution is 0.0264. The number of ether oxygens (including phenoxy) is 1. The lowest BCUT2D eigenvalue weighted by atomic mass is 10.6. The Hall–Kier alpha value is -0.120. The molecule has 0 radical (unpaired) electrons. The molecule has 56 valence electrons. The Bertz CT molecular complexity index is 60.1. The number of nitrogens with one attached hydrogen (secondary N) is 1. The molecule has 3 heteroatoms. The highest BCUT2D eigenvalue weighted by atomic mass is 16.5. The van der Waals surface area contributed by atoms with Crippen LogP contribution in [0.2, 0.25) is 0 Å². The summed E-state index contributed by atoms with van der Waals surface area (Å²) < 4.78 is 4.97. The van der Waals surface area contributed by atoms with Gasteiger partial charge in [0.2, 0.25) is 0 Å². The molecule has 0 fully saturated rings. The van der Waals surface area contributed by atoms with Crippen LogP contribution >= 0.6 is 0 Å². The van der Waals surface area contributed by atoms with Crippen molar-refractivity contribution in [1.29, 1.82) is 0 Å². The van der Waals surface area contributed by atoms with Crippen molar-refractivity contribution in [2.24, 2.45) is 0 Å². The summed E-state index contributed by atoms with van der Waals surface area (Å²) in [5.74, 6) is 0. The zero-order valence-electron chi connectivity index (χ0n) is 6.64. The second-order valence-corrected chi connectivity index (χ2v) is 2.02. The molecule has 1 unspecified atom stereocenters. The van der Waals surface area contributed by atoms with Gasteiger partial charge in [-0.3, -0.25) is 0 Å². The van der Waals surface area contributed by atoms with Gasteiger partial charge < -0.3 is 4.74 Å². The summed E-state index contributed by atoms with van der Waals surface area (Å²) in [7, 11) is 3.66. The van der Waals surface area contributed by atoms with Gasteiger partial charge in [0.25, 0.3) is 0 Å². The Morgan fingerprint density at radius 1 is 1.67 bits per heavy atom. The second-order valence-electron chi connectivity index (χ2n) is 2.02. The summed E-state index contributed by atoms with van der Waals surface area (Å²) in [5.41, 5.74) is 3.09. The van der Waals surface area contributed by atoms with Crippen molar-refractivity contribution < 1.29 is 4.74 Å². The molecule has 0 aliphatic rings. The first-order valence-corrected chi connectivity index (χ1v) is 3.20. The number of nitrogens with zero attached hydrogens (tertiary/aromatic N) is 1. The molecule has 0 aromatic carbocycles. The summed E-state index contributed by atoms with van der Waals surface area (Å²) in [4.78, 5) is 0. The monoisotopic (exact) mass is 132 g/mol. The van der Waals surface area contributed by atoms with Crippen LogP contribution in [0.4, 0.5) is 0 Å². The molecule has 0 aliphatic heterocycles. The van der Waals surface area contributed by atoms with Crippen LogP contribution in [0, 0.1) is 0 Å². The van der Waals surface area contributed by atoms with Crippen LogP contribution in [0.25, 0.3) is 0 Å². The molecule has 0 aliphatic carbocycles. The van der Waals surface area contributed by atoms with E-state index in [0.29, 0.717) is 0 Å². The van der Waals surface area contributed by atoms with Gasteiger partial charge >= 0.3 is 0 Å². The minimum Gasteiger partial charge on any atom is -0.366 e. The second kappa shape index (κ2) is 4.73. The lowest BCUT2D eigenvalue weighted by Crippen LogP contribution is -2.41. The van der Waals surface area contributed by atoms with Gasteiger partial charge in [0, 0.05) is 20.7 Å². The topological polar surface area (TPSA) is 24.5 Å². The molecule has 0 bridgehead atoms. The minimum absolute atomic E-state index is 0.106. The summed E-state index contributed by atoms with van der Waals surface area (Å²) in [6.07, 6.45) is 0.106. The maximum Gasteiger partial charge on any atom is 0.117 e. The molecule has 0 rings (SSSR count). The predicted octanol–water partition coefficient (Wildman–Crippen LogP) is 0.435. The van der Waals surface area contributed by atoms with Gasteiger partial charge in [-0.2, -0.15) is 0 Å². The van der Waals surface area contributed by atoms with Gasteiger partial charge in [-0.05, 0) is 6.92 Å². The van der Waals surface area contributed by atoms with Crippen LogP contribution in [-0.4, -0.2) is 31.9 Å². The number of hydrogen-bond donors (Lipinski definition) is 1. The molecule has 3 nitrogen and oxygen atoms in total. The highest BCUT2D eigenvalue weighted by Gasteiger charge is 1.98. The number of hydrogen-bond acceptors (Lipinski definition) is 3. The third-order valence-corrected chi connectivity index (χ3v) is 1.23. The Labute approximate surface area is 57.0 Å². The van der Waals surface area contributed by atoms with E-state index in [1.54, 1.807) is 7.11 Å². The van der Waals surface area contributed by atoms with Crippen LogP contribution in [0.3, 0.4) is 0 Å². The Morgan fingerprint density at radius 3 is 2.56 bits per heavy atom. The summed E-state index contributed by atoms with van der Waals surface area (Å²) >= 11 is 0. The largest absolute Gasteiger partial charge is 0.366 e. The Balaban J connectivity index is 3.22. The molecule has 0 aromatic rings. The van der Waals surface area contributed by atoms with Gasteiger partial charge in [0.15, 0.2) is 0 Å². The average molecular weight is 132 g/mol. The lowest BCUT2D eigenvalue weighted by Gasteiger charge is -2.20. The Kier molecular flexibility index (Phi) is 4.67. The third kappa shape index (κ3) is 4.39. The quantitative estimate of drug-likeness (QED) is 0.443. The van der Waals surface area contributed by atoms with Crippen LogP contribution in [0.15, 0.2) is 0 Å². The van der Waals surface area contributed by atoms with Gasteiger partial charge in [-0.1, -0.05) is 6.92 Å². The Morgan fingerprint density at radius 2 is 2.22 bits per heavy atom. The van der Waals surface area contributed by atoms with Crippen molar-refractivity contribution in [1.82, 2.24) is 10.4 Å². The summed E-state index contributed by atoms with van der Waals surface area (Å²) in [5, 5.41) is 1.98. The number of hydrazine groups is 1. The number of rotatable bonds is 4. The van der Waals surface area contributed by atoms with E-state index in [9.17, 15) is 0 Å². The van der Waals surface area contributed by atoms with Crippen molar-refractivity contribution in [3.8, 4) is 0 Å². The van der Waals surface area contributed by atoms with E-state index < -0.39 is 0 Å². The van der Waals surface area contributed by atoms with Crippen molar-refractivity contribution in [3.63, 3.8) is 0 Å². The fourth-order valence-corrected chi connectivity index (χ4v) is 0.454. The van der Waals surface area contributed by atoms with E-state index in [0.717, 1.165) is 6.54 Å². The van der Waals surface area contributed by atoms with Crippen LogP contribution in [-0.2, 0) is 4.74 Å². The zero-order chi connectivity index (χ0) is 7.28. The fourth-order valence-electron chi connectivity index (χ4n) is 0.454. The first-order valence-electron chi connectivity index (χ1n) is 3.20. The first-order chi connectivity index (χ1) is 4.20. The van der Waals surface area contributed by atoms with E-state index >= 15 is 0 Å². The molecule has 1 N–H and O–H groups in total. The first kappa shape index (κ1) is 8.88. The molecule has 0 saturated heterocycles. The fraction of sp³-hybridized carbons (Fsp3) is 1.00. The van der Waals surface area contributed by atoms with Crippen LogP contribution < -0.4 is 5.43 Å². The SMILES string of the molecule is CCN(C)NC(C)OC. The third-order valence-electron chi connectivity index (χ3n) is 1.23. The van der Waals surface area contributed by atoms with Gasteiger partial charge in [0.05, 0.1) is 0 Å². The van der Waals surface area contributed by atoms with Crippen LogP contribution in [0.5, 0.6) is 0 Å². The standard InChI is InChI=1S/C6H16N2O/c1-5-8(3)7-6(2)9-4/h6-7H,5H2,1-4H3. The summed E-state index contributed by atoms with van der Waals surface area (Å²) in [6, 6.07) is 0. The molecule has 0 amide bonds.